The van der Waals surface area contributed by atoms with Crippen molar-refractivity contribution in [2.75, 3.05) is 7.11 Å². The number of para-hydroxylation sites is 1. The van der Waals surface area contributed by atoms with Crippen LogP contribution in [0.4, 0.5) is 0 Å². The zero-order valence-corrected chi connectivity index (χ0v) is 11.2. The van der Waals surface area contributed by atoms with Gasteiger partial charge in [0.15, 0.2) is 0 Å². The van der Waals surface area contributed by atoms with E-state index >= 15 is 0 Å². The molecular formula is C16H14N2O2. The smallest absolute Gasteiger partial charge is 0.269 e. The SMILES string of the molecule is COc1ccccc1-c1ccn(C2CC2)c(=O)c1C#N. The molecule has 1 heterocycles. The standard InChI is InChI=1S/C16H14N2O2/c1-20-15-5-3-2-4-13(15)12-8-9-18(11-6-7-11)16(19)14(12)10-17/h2-5,8-9,11H,6-7H2,1H3. The maximum absolute atomic E-state index is 12.4. The molecule has 20 heavy (non-hydrogen) atoms. The molecule has 1 saturated carbocycles. The summed E-state index contributed by atoms with van der Waals surface area (Å²) in [5, 5.41) is 9.35. The fourth-order valence-electron chi connectivity index (χ4n) is 2.39. The van der Waals surface area contributed by atoms with Gasteiger partial charge in [-0.2, -0.15) is 5.26 Å². The minimum absolute atomic E-state index is 0.184. The van der Waals surface area contributed by atoms with Crippen LogP contribution in [0.3, 0.4) is 0 Å². The van der Waals surface area contributed by atoms with Crippen LogP contribution in [0.5, 0.6) is 5.75 Å². The summed E-state index contributed by atoms with van der Waals surface area (Å²) in [7, 11) is 1.58. The predicted molar refractivity (Wildman–Crippen MR) is 75.7 cm³/mol. The Morgan fingerprint density at radius 1 is 1.25 bits per heavy atom. The molecule has 0 saturated heterocycles. The van der Waals surface area contributed by atoms with Crippen molar-refractivity contribution < 1.29 is 4.74 Å². The first-order valence-corrected chi connectivity index (χ1v) is 6.55. The van der Waals surface area contributed by atoms with E-state index in [9.17, 15) is 10.1 Å². The summed E-state index contributed by atoms with van der Waals surface area (Å²) in [4.78, 5) is 12.4. The highest BCUT2D eigenvalue weighted by Crippen LogP contribution is 2.35. The second-order valence-corrected chi connectivity index (χ2v) is 4.86. The minimum atomic E-state index is -0.210. The monoisotopic (exact) mass is 266 g/mol. The lowest BCUT2D eigenvalue weighted by Crippen LogP contribution is -2.21. The van der Waals surface area contributed by atoms with Gasteiger partial charge in [-0.1, -0.05) is 18.2 Å². The van der Waals surface area contributed by atoms with Crippen molar-refractivity contribution in [3.05, 3.63) is 52.4 Å². The molecule has 1 aromatic carbocycles. The van der Waals surface area contributed by atoms with Crippen LogP contribution >= 0.6 is 0 Å². The van der Waals surface area contributed by atoms with Crippen LogP contribution in [0, 0.1) is 11.3 Å². The average Bonchev–Trinajstić information content (AvgIpc) is 3.31. The Balaban J connectivity index is 2.22. The van der Waals surface area contributed by atoms with Crippen LogP contribution in [0.1, 0.15) is 24.4 Å². The van der Waals surface area contributed by atoms with Crippen LogP contribution in [-0.4, -0.2) is 11.7 Å². The lowest BCUT2D eigenvalue weighted by atomic mass is 10.0. The molecule has 1 fully saturated rings. The van der Waals surface area contributed by atoms with Crippen molar-refractivity contribution in [3.8, 4) is 22.9 Å². The summed E-state index contributed by atoms with van der Waals surface area (Å²) in [6.45, 7) is 0. The molecule has 4 heteroatoms. The number of benzene rings is 1. The zero-order chi connectivity index (χ0) is 14.1. The third-order valence-electron chi connectivity index (χ3n) is 3.57. The second kappa shape index (κ2) is 4.86. The Hall–Kier alpha value is -2.54. The summed E-state index contributed by atoms with van der Waals surface area (Å²) in [6, 6.07) is 11.5. The van der Waals surface area contributed by atoms with Gasteiger partial charge in [0.05, 0.1) is 7.11 Å². The van der Waals surface area contributed by atoms with E-state index in [-0.39, 0.29) is 17.2 Å². The van der Waals surface area contributed by atoms with Gasteiger partial charge in [0.2, 0.25) is 0 Å². The zero-order valence-electron chi connectivity index (χ0n) is 11.2. The molecule has 0 aliphatic heterocycles. The molecular weight excluding hydrogens is 252 g/mol. The van der Waals surface area contributed by atoms with Gasteiger partial charge in [0.25, 0.3) is 5.56 Å². The molecule has 0 atom stereocenters. The van der Waals surface area contributed by atoms with E-state index in [2.05, 4.69) is 0 Å². The summed E-state index contributed by atoms with van der Waals surface area (Å²) in [5.41, 5.74) is 1.38. The molecule has 0 bridgehead atoms. The highest BCUT2D eigenvalue weighted by Gasteiger charge is 2.26. The first-order chi connectivity index (χ1) is 9.76. The Morgan fingerprint density at radius 3 is 2.65 bits per heavy atom. The quantitative estimate of drug-likeness (QED) is 0.858. The van der Waals surface area contributed by atoms with E-state index in [1.165, 1.54) is 0 Å². The third kappa shape index (κ3) is 1.97. The van der Waals surface area contributed by atoms with Gasteiger partial charge in [-0.05, 0) is 25.0 Å². The molecule has 2 aromatic rings. The van der Waals surface area contributed by atoms with Crippen LogP contribution in [-0.2, 0) is 0 Å². The molecule has 1 aliphatic rings. The first kappa shape index (κ1) is 12.5. The van der Waals surface area contributed by atoms with Crippen LogP contribution < -0.4 is 10.3 Å². The van der Waals surface area contributed by atoms with Gasteiger partial charge >= 0.3 is 0 Å². The maximum atomic E-state index is 12.4. The van der Waals surface area contributed by atoms with Crippen molar-refractivity contribution in [1.82, 2.24) is 4.57 Å². The van der Waals surface area contributed by atoms with Gasteiger partial charge in [0, 0.05) is 23.4 Å². The van der Waals surface area contributed by atoms with Crippen molar-refractivity contribution in [2.24, 2.45) is 0 Å². The molecule has 0 amide bonds. The molecule has 100 valence electrons. The Morgan fingerprint density at radius 2 is 2.00 bits per heavy atom. The number of nitrogens with zero attached hydrogens (tertiary/aromatic N) is 2. The van der Waals surface area contributed by atoms with Gasteiger partial charge in [-0.15, -0.1) is 0 Å². The van der Waals surface area contributed by atoms with Crippen LogP contribution in [0.2, 0.25) is 0 Å². The molecule has 1 aliphatic carbocycles. The van der Waals surface area contributed by atoms with Gasteiger partial charge < -0.3 is 9.30 Å². The number of ether oxygens (including phenoxy) is 1. The minimum Gasteiger partial charge on any atom is -0.496 e. The van der Waals surface area contributed by atoms with Gasteiger partial charge in [0.1, 0.15) is 17.4 Å². The van der Waals surface area contributed by atoms with E-state index in [4.69, 9.17) is 4.74 Å². The predicted octanol–water partition coefficient (Wildman–Crippen LogP) is 2.73. The van der Waals surface area contributed by atoms with Crippen molar-refractivity contribution in [2.45, 2.75) is 18.9 Å². The average molecular weight is 266 g/mol. The highest BCUT2D eigenvalue weighted by molar-refractivity contribution is 5.75. The Bertz CT molecular complexity index is 752. The Kier molecular flexibility index (Phi) is 3.03. The molecule has 0 unspecified atom stereocenters. The topological polar surface area (TPSA) is 55.0 Å². The largest absolute Gasteiger partial charge is 0.496 e. The van der Waals surface area contributed by atoms with E-state index in [0.717, 1.165) is 18.4 Å². The van der Waals surface area contributed by atoms with Crippen molar-refractivity contribution >= 4 is 0 Å². The number of nitriles is 1. The lowest BCUT2D eigenvalue weighted by molar-refractivity contribution is 0.416. The van der Waals surface area contributed by atoms with Crippen LogP contribution in [0.25, 0.3) is 11.1 Å². The van der Waals surface area contributed by atoms with Crippen molar-refractivity contribution in [1.29, 1.82) is 5.26 Å². The number of hydrogen-bond donors (Lipinski definition) is 0. The summed E-state index contributed by atoms with van der Waals surface area (Å²) in [6.07, 6.45) is 3.81. The molecule has 4 nitrogen and oxygen atoms in total. The van der Waals surface area contributed by atoms with Gasteiger partial charge in [-0.3, -0.25) is 4.79 Å². The van der Waals surface area contributed by atoms with E-state index in [1.807, 2.05) is 36.4 Å². The molecule has 0 spiro atoms. The normalized spacial score (nSPS) is 13.8. The van der Waals surface area contributed by atoms with Crippen LogP contribution in [0.15, 0.2) is 41.3 Å². The summed E-state index contributed by atoms with van der Waals surface area (Å²) >= 11 is 0. The number of aromatic nitrogens is 1. The first-order valence-electron chi connectivity index (χ1n) is 6.55. The third-order valence-corrected chi connectivity index (χ3v) is 3.57. The second-order valence-electron chi connectivity index (χ2n) is 4.86. The number of pyridine rings is 1. The van der Waals surface area contributed by atoms with E-state index in [1.54, 1.807) is 17.9 Å². The lowest BCUT2D eigenvalue weighted by Gasteiger charge is -2.11. The summed E-state index contributed by atoms with van der Waals surface area (Å²) in [5.74, 6) is 0.660. The highest BCUT2D eigenvalue weighted by atomic mass is 16.5. The number of rotatable bonds is 3. The van der Waals surface area contributed by atoms with Crippen molar-refractivity contribution in [3.63, 3.8) is 0 Å². The maximum Gasteiger partial charge on any atom is 0.269 e. The fraction of sp³-hybridized carbons (Fsp3) is 0.250. The number of methoxy groups -OCH3 is 1. The van der Waals surface area contributed by atoms with E-state index in [0.29, 0.717) is 11.3 Å². The van der Waals surface area contributed by atoms with E-state index < -0.39 is 0 Å². The molecule has 0 N–H and O–H groups in total. The molecule has 1 aromatic heterocycles. The molecule has 3 rings (SSSR count). The fourth-order valence-corrected chi connectivity index (χ4v) is 2.39. The molecule has 0 radical (unpaired) electrons. The van der Waals surface area contributed by atoms with Gasteiger partial charge in [-0.25, -0.2) is 0 Å². The summed E-state index contributed by atoms with van der Waals surface area (Å²) < 4.78 is 6.98. The number of hydrogen-bond acceptors (Lipinski definition) is 3. The Labute approximate surface area is 116 Å².